The zero-order chi connectivity index (χ0) is 15.6. The lowest BCUT2D eigenvalue weighted by atomic mass is 10.3. The molecule has 0 radical (unpaired) electrons. The minimum Gasteiger partial charge on any atom is -0.472 e. The van der Waals surface area contributed by atoms with Gasteiger partial charge in [-0.05, 0) is 31.2 Å². The quantitative estimate of drug-likeness (QED) is 0.581. The Morgan fingerprint density at radius 3 is 2.18 bits per heavy atom. The van der Waals surface area contributed by atoms with E-state index in [-0.39, 0.29) is 6.23 Å². The van der Waals surface area contributed by atoms with Crippen molar-refractivity contribution in [3.63, 3.8) is 0 Å². The minimum absolute atomic E-state index is 0.388. The first-order valence-corrected chi connectivity index (χ1v) is 7.25. The third-order valence-electron chi connectivity index (χ3n) is 2.82. The highest BCUT2D eigenvalue weighted by Crippen LogP contribution is 2.12. The Labute approximate surface area is 131 Å². The molecular formula is C18H21NO3. The fourth-order valence-corrected chi connectivity index (χ4v) is 1.77. The van der Waals surface area contributed by atoms with Gasteiger partial charge in [0, 0.05) is 12.6 Å². The van der Waals surface area contributed by atoms with Crippen LogP contribution in [0.3, 0.4) is 0 Å². The number of aliphatic hydroxyl groups excluding tert-OH is 1. The van der Waals surface area contributed by atoms with Gasteiger partial charge in [0.2, 0.25) is 0 Å². The summed E-state index contributed by atoms with van der Waals surface area (Å²) in [5.74, 6) is 1.50. The number of ether oxygens (including phenoxy) is 2. The first-order chi connectivity index (χ1) is 10.7. The summed E-state index contributed by atoms with van der Waals surface area (Å²) < 4.78 is 11.3. The average molecular weight is 299 g/mol. The van der Waals surface area contributed by atoms with Crippen LogP contribution in [0, 0.1) is 0 Å². The Bertz CT molecular complexity index is 555. The van der Waals surface area contributed by atoms with E-state index in [1.807, 2.05) is 60.7 Å². The first kappa shape index (κ1) is 16.1. The second-order valence-electron chi connectivity index (χ2n) is 4.87. The maximum atomic E-state index is 9.40. The number of hydrogen-bond acceptors (Lipinski definition) is 4. The molecule has 22 heavy (non-hydrogen) atoms. The van der Waals surface area contributed by atoms with Crippen molar-refractivity contribution >= 4 is 0 Å². The molecule has 0 aliphatic rings. The van der Waals surface area contributed by atoms with Crippen LogP contribution in [0.25, 0.3) is 0 Å². The Balaban J connectivity index is 1.94. The van der Waals surface area contributed by atoms with Gasteiger partial charge in [-0.3, -0.25) is 5.32 Å². The molecule has 2 aromatic carbocycles. The molecule has 0 aliphatic heterocycles. The van der Waals surface area contributed by atoms with Gasteiger partial charge in [-0.15, -0.1) is 0 Å². The monoisotopic (exact) mass is 299 g/mol. The molecule has 0 aliphatic carbocycles. The van der Waals surface area contributed by atoms with Gasteiger partial charge in [-0.25, -0.2) is 0 Å². The van der Waals surface area contributed by atoms with Crippen LogP contribution in [0.1, 0.15) is 6.92 Å². The van der Waals surface area contributed by atoms with Gasteiger partial charge in [0.05, 0.1) is 12.4 Å². The molecule has 4 heteroatoms. The Morgan fingerprint density at radius 2 is 1.59 bits per heavy atom. The van der Waals surface area contributed by atoms with Gasteiger partial charge in [-0.2, -0.15) is 0 Å². The van der Waals surface area contributed by atoms with Crippen molar-refractivity contribution in [2.45, 2.75) is 19.3 Å². The van der Waals surface area contributed by atoms with Crippen LogP contribution in [-0.4, -0.2) is 24.0 Å². The molecule has 0 fully saturated rings. The summed E-state index contributed by atoms with van der Waals surface area (Å²) in [4.78, 5) is 0. The lowest BCUT2D eigenvalue weighted by Gasteiger charge is -2.18. The molecular weight excluding hydrogens is 278 g/mol. The van der Waals surface area contributed by atoms with E-state index in [2.05, 4.69) is 5.32 Å². The minimum atomic E-state index is -0.453. The third kappa shape index (κ3) is 5.99. The summed E-state index contributed by atoms with van der Waals surface area (Å²) in [6.45, 7) is 2.14. The molecule has 0 aromatic heterocycles. The van der Waals surface area contributed by atoms with Crippen LogP contribution in [-0.2, 0) is 0 Å². The SMILES string of the molecule is CC(O)CNC(C=COc1ccccc1)Oc1ccccc1. The van der Waals surface area contributed by atoms with Crippen molar-refractivity contribution in [3.8, 4) is 11.5 Å². The zero-order valence-electron chi connectivity index (χ0n) is 12.6. The average Bonchev–Trinajstić information content (AvgIpc) is 2.54. The van der Waals surface area contributed by atoms with E-state index in [4.69, 9.17) is 9.47 Å². The molecule has 0 spiro atoms. The fourth-order valence-electron chi connectivity index (χ4n) is 1.77. The summed E-state index contributed by atoms with van der Waals surface area (Å²) >= 11 is 0. The van der Waals surface area contributed by atoms with Gasteiger partial charge in [0.15, 0.2) is 6.23 Å². The molecule has 2 aromatic rings. The van der Waals surface area contributed by atoms with Crippen molar-refractivity contribution < 1.29 is 14.6 Å². The number of aliphatic hydroxyl groups is 1. The van der Waals surface area contributed by atoms with Crippen LogP contribution in [0.4, 0.5) is 0 Å². The van der Waals surface area contributed by atoms with Gasteiger partial charge in [0.25, 0.3) is 0 Å². The van der Waals surface area contributed by atoms with Gasteiger partial charge in [0.1, 0.15) is 11.5 Å². The molecule has 0 saturated carbocycles. The standard InChI is InChI=1S/C18H21NO3/c1-15(20)14-19-18(22-17-10-6-3-7-11-17)12-13-21-16-8-4-2-5-9-16/h2-13,15,18-20H,14H2,1H3. The largest absolute Gasteiger partial charge is 0.472 e. The maximum Gasteiger partial charge on any atom is 0.172 e. The summed E-state index contributed by atoms with van der Waals surface area (Å²) in [7, 11) is 0. The van der Waals surface area contributed by atoms with Crippen LogP contribution in [0.5, 0.6) is 11.5 Å². The number of benzene rings is 2. The number of hydrogen-bond donors (Lipinski definition) is 2. The fraction of sp³-hybridized carbons (Fsp3) is 0.222. The van der Waals surface area contributed by atoms with E-state index in [0.29, 0.717) is 6.54 Å². The Hall–Kier alpha value is -2.30. The van der Waals surface area contributed by atoms with Crippen LogP contribution < -0.4 is 14.8 Å². The number of rotatable bonds is 8. The molecule has 0 heterocycles. The van der Waals surface area contributed by atoms with Crippen LogP contribution in [0.15, 0.2) is 73.0 Å². The molecule has 2 atom stereocenters. The summed E-state index contributed by atoms with van der Waals surface area (Å²) in [6, 6.07) is 19.0. The van der Waals surface area contributed by atoms with Crippen LogP contribution in [0.2, 0.25) is 0 Å². The van der Waals surface area contributed by atoms with Crippen molar-refractivity contribution in [3.05, 3.63) is 73.0 Å². The summed E-state index contributed by atoms with van der Waals surface area (Å²) in [5.41, 5.74) is 0. The highest BCUT2D eigenvalue weighted by Gasteiger charge is 2.07. The highest BCUT2D eigenvalue weighted by atomic mass is 16.5. The molecule has 0 amide bonds. The maximum absolute atomic E-state index is 9.40. The normalized spacial score (nSPS) is 13.7. The van der Waals surface area contributed by atoms with Crippen molar-refractivity contribution in [1.29, 1.82) is 0 Å². The smallest absolute Gasteiger partial charge is 0.172 e. The molecule has 2 rings (SSSR count). The van der Waals surface area contributed by atoms with E-state index in [0.717, 1.165) is 11.5 Å². The lowest BCUT2D eigenvalue weighted by Crippen LogP contribution is -2.37. The third-order valence-corrected chi connectivity index (χ3v) is 2.82. The van der Waals surface area contributed by atoms with E-state index in [1.165, 1.54) is 0 Å². The van der Waals surface area contributed by atoms with E-state index < -0.39 is 6.10 Å². The molecule has 2 unspecified atom stereocenters. The van der Waals surface area contributed by atoms with E-state index >= 15 is 0 Å². The second kappa shape index (κ2) is 8.87. The predicted molar refractivity (Wildman–Crippen MR) is 86.8 cm³/mol. The molecule has 4 nitrogen and oxygen atoms in total. The van der Waals surface area contributed by atoms with Crippen molar-refractivity contribution in [2.75, 3.05) is 6.54 Å². The number of para-hydroxylation sites is 2. The van der Waals surface area contributed by atoms with Crippen LogP contribution >= 0.6 is 0 Å². The summed E-state index contributed by atoms with van der Waals surface area (Å²) in [6.07, 6.45) is 2.51. The van der Waals surface area contributed by atoms with Crippen molar-refractivity contribution in [1.82, 2.24) is 5.32 Å². The summed E-state index contributed by atoms with van der Waals surface area (Å²) in [5, 5.41) is 12.5. The number of nitrogens with one attached hydrogen (secondary N) is 1. The van der Waals surface area contributed by atoms with Gasteiger partial charge < -0.3 is 14.6 Å². The molecule has 0 saturated heterocycles. The van der Waals surface area contributed by atoms with Gasteiger partial charge >= 0.3 is 0 Å². The van der Waals surface area contributed by atoms with Gasteiger partial charge in [-0.1, -0.05) is 36.4 Å². The second-order valence-corrected chi connectivity index (χ2v) is 4.87. The van der Waals surface area contributed by atoms with E-state index in [9.17, 15) is 5.11 Å². The highest BCUT2D eigenvalue weighted by molar-refractivity contribution is 5.23. The van der Waals surface area contributed by atoms with E-state index in [1.54, 1.807) is 19.3 Å². The Kier molecular flexibility index (Phi) is 6.48. The molecule has 2 N–H and O–H groups in total. The topological polar surface area (TPSA) is 50.7 Å². The molecule has 0 bridgehead atoms. The lowest BCUT2D eigenvalue weighted by molar-refractivity contribution is 0.150. The first-order valence-electron chi connectivity index (χ1n) is 7.25. The Morgan fingerprint density at radius 1 is 1.00 bits per heavy atom. The van der Waals surface area contributed by atoms with Crippen molar-refractivity contribution in [2.24, 2.45) is 0 Å². The predicted octanol–water partition coefficient (Wildman–Crippen LogP) is 2.95. The molecule has 116 valence electrons. The zero-order valence-corrected chi connectivity index (χ0v) is 12.6.